The van der Waals surface area contributed by atoms with Gasteiger partial charge in [-0.2, -0.15) is 18.3 Å². The normalized spacial score (nSPS) is 21.8. The Morgan fingerprint density at radius 2 is 0.983 bits per heavy atom. The Morgan fingerprint density at radius 3 is 1.48 bits per heavy atom. The summed E-state index contributed by atoms with van der Waals surface area (Å²) >= 11 is 4.44. The highest BCUT2D eigenvalue weighted by Gasteiger charge is 2.47. The maximum Gasteiger partial charge on any atom is 0.390 e. The first-order valence-corrected chi connectivity index (χ1v) is 43.1. The number of thioether (sulfide) groups is 3. The van der Waals surface area contributed by atoms with Crippen molar-refractivity contribution in [2.45, 2.75) is 181 Å². The number of alkyl halides is 3. The number of aromatic nitrogens is 2. The Morgan fingerprint density at radius 1 is 0.539 bits per heavy atom. The molecule has 0 radical (unpaired) electrons. The number of likely N-dealkylation sites (tertiary alicyclic amines) is 3. The number of rotatable bonds is 21. The Hall–Kier alpha value is -9.28. The maximum atomic E-state index is 13.8. The predicted molar refractivity (Wildman–Crippen MR) is 446 cm³/mol. The number of benzene rings is 6. The van der Waals surface area contributed by atoms with Crippen LogP contribution in [0.1, 0.15) is 169 Å². The van der Waals surface area contributed by atoms with E-state index in [1.54, 1.807) is 71.9 Å². The summed E-state index contributed by atoms with van der Waals surface area (Å²) in [6.07, 6.45) is 3.57. The van der Waals surface area contributed by atoms with Crippen LogP contribution in [0.15, 0.2) is 146 Å². The lowest BCUT2D eigenvalue weighted by atomic mass is 9.88. The first-order chi connectivity index (χ1) is 55.3. The van der Waals surface area contributed by atoms with E-state index in [1.165, 1.54) is 22.7 Å². The van der Waals surface area contributed by atoms with E-state index in [1.807, 2.05) is 108 Å². The average Bonchev–Trinajstić information content (AvgIpc) is 1.80. The highest BCUT2D eigenvalue weighted by atomic mass is 32.2. The molecule has 616 valence electrons. The zero-order valence-corrected chi connectivity index (χ0v) is 68.6. The molecule has 0 saturated carbocycles. The molecule has 10 amide bonds. The van der Waals surface area contributed by atoms with Crippen molar-refractivity contribution < 1.29 is 63.5 Å². The Labute approximate surface area is 686 Å². The summed E-state index contributed by atoms with van der Waals surface area (Å²) in [7, 11) is 1.60. The SMILES string of the molecule is COc1ccc(F)cc1C1CCN(C(=O)CC2SC(c3ccccc3)N(CCC(C)C)C2=O)CC1.Cc1cc(C2SC(CC(=O)N3CCC(N4Cc5ccccc5NC4=O)CC3)C(=O)N2CCC(C)C)cc2cn[nH]c12.O=C(CC1SC(c2ccccc2)N(CCC(F)(F)F)C1=O)N1CCC(N2CCc3ccccc3NC2=O)CC1.[HH].[HH]. The number of hydrogen-bond donors (Lipinski definition) is 3. The Bertz CT molecular complexity index is 4610. The van der Waals surface area contributed by atoms with Gasteiger partial charge in [0.2, 0.25) is 35.4 Å². The van der Waals surface area contributed by atoms with Crippen molar-refractivity contribution in [2.75, 3.05) is 83.2 Å². The third-order valence-corrected chi connectivity index (χ3v) is 27.7. The van der Waals surface area contributed by atoms with Crippen molar-refractivity contribution in [1.29, 1.82) is 0 Å². The number of fused-ring (bicyclic) bond motifs is 3. The number of ether oxygens (including phenoxy) is 1. The summed E-state index contributed by atoms with van der Waals surface area (Å²) in [5, 5.41) is 12.0. The van der Waals surface area contributed by atoms with E-state index in [0.717, 1.165) is 106 Å². The molecule has 9 heterocycles. The van der Waals surface area contributed by atoms with E-state index < -0.39 is 40.9 Å². The fourth-order valence-electron chi connectivity index (χ4n) is 16.7. The molecular weight excluding hydrogens is 1530 g/mol. The number of para-hydroxylation sites is 2. The number of carbonyl (C=O) groups excluding carboxylic acids is 8. The molecule has 0 bridgehead atoms. The smallest absolute Gasteiger partial charge is 0.390 e. The molecule has 28 heteroatoms. The monoisotopic (exact) mass is 1640 g/mol. The molecular formula is C87H108F4N12O9S3. The van der Waals surface area contributed by atoms with Crippen LogP contribution < -0.4 is 15.4 Å². The highest BCUT2D eigenvalue weighted by molar-refractivity contribution is 8.01. The minimum absolute atomic E-state index is 0. The number of halogens is 4. The van der Waals surface area contributed by atoms with Crippen LogP contribution in [0.4, 0.5) is 38.5 Å². The lowest BCUT2D eigenvalue weighted by molar-refractivity contribution is -0.146. The third kappa shape index (κ3) is 20.4. The van der Waals surface area contributed by atoms with Crippen molar-refractivity contribution in [1.82, 2.24) is 49.4 Å². The largest absolute Gasteiger partial charge is 0.496 e. The number of amides is 10. The lowest BCUT2D eigenvalue weighted by Crippen LogP contribution is -2.51. The van der Waals surface area contributed by atoms with Gasteiger partial charge in [-0.25, -0.2) is 14.0 Å². The van der Waals surface area contributed by atoms with Crippen molar-refractivity contribution in [2.24, 2.45) is 11.8 Å². The number of urea groups is 2. The predicted octanol–water partition coefficient (Wildman–Crippen LogP) is 16.5. The van der Waals surface area contributed by atoms with Crippen molar-refractivity contribution in [3.05, 3.63) is 190 Å². The lowest BCUT2D eigenvalue weighted by Gasteiger charge is -2.40. The molecule has 0 spiro atoms. The van der Waals surface area contributed by atoms with E-state index in [9.17, 15) is 55.9 Å². The fraction of sp³-hybridized carbons (Fsp3) is 0.483. The van der Waals surface area contributed by atoms with E-state index in [4.69, 9.17) is 4.74 Å². The second-order valence-electron chi connectivity index (χ2n) is 31.9. The summed E-state index contributed by atoms with van der Waals surface area (Å²) < 4.78 is 58.2. The third-order valence-electron chi connectivity index (χ3n) is 23.2. The van der Waals surface area contributed by atoms with Gasteiger partial charge in [0.25, 0.3) is 0 Å². The van der Waals surface area contributed by atoms with Crippen LogP contribution in [0, 0.1) is 24.6 Å². The second kappa shape index (κ2) is 37.8. The van der Waals surface area contributed by atoms with E-state index >= 15 is 0 Å². The molecule has 3 N–H and O–H groups in total. The number of anilines is 2. The molecule has 15 rings (SSSR count). The standard InChI is InChI=1S/C31H38N6O3S.C28H31F3N4O3S.C28H35FN2O3S.2H2/c1-19(2)8-13-36-29(39)26(41-30(36)22-14-20(3)28-23(15-22)17-32-34-28)16-27(38)35-11-9-24(10-12-35)37-18-21-6-4-5-7-25(21)33-31(37)40;29-28(30,31)13-17-35-25(37)23(39-26(35)20-7-2-1-3-8-20)18-24(36)33-14-11-21(12-15-33)34-16-10-19-6-4-5-9-22(19)32-27(34)38;1-19(2)11-16-31-27(33)25(35-28(31)21-7-5-4-6-8-21)18-26(32)30-14-12-20(13-15-30)23-17-22(29)9-10-24(23)34-3;;/h4-7,14-15,17,19,24,26,30H,8-13,16,18H2,1-3H3,(H,32,34)(H,33,40);1-9,21,23,26H,10-18H2,(H,32,38);4-10,17,19-20,25,28H,11-16,18H2,1-3H3;2*1H. The quantitative estimate of drug-likeness (QED) is 0.0570. The van der Waals surface area contributed by atoms with Crippen LogP contribution in [-0.4, -0.2) is 203 Å². The van der Waals surface area contributed by atoms with Crippen molar-refractivity contribution in [3.8, 4) is 5.75 Å². The number of nitrogens with zero attached hydrogens (tertiary/aromatic N) is 9. The van der Waals surface area contributed by atoms with Crippen LogP contribution in [0.25, 0.3) is 10.9 Å². The van der Waals surface area contributed by atoms with Crippen LogP contribution in [0.5, 0.6) is 5.75 Å². The molecule has 115 heavy (non-hydrogen) atoms. The van der Waals surface area contributed by atoms with Crippen molar-refractivity contribution in [3.63, 3.8) is 0 Å². The van der Waals surface area contributed by atoms with Gasteiger partial charge in [0.15, 0.2) is 0 Å². The summed E-state index contributed by atoms with van der Waals surface area (Å²) in [5.74, 6) is 1.11. The van der Waals surface area contributed by atoms with E-state index in [-0.39, 0.29) is 104 Å². The van der Waals surface area contributed by atoms with Gasteiger partial charge in [-0.15, -0.1) is 35.3 Å². The molecule has 6 unspecified atom stereocenters. The summed E-state index contributed by atoms with van der Waals surface area (Å²) in [6, 6.07) is 43.5. The molecule has 1 aromatic heterocycles. The molecule has 6 saturated heterocycles. The number of hydrogen-bond acceptors (Lipinski definition) is 13. The fourth-order valence-corrected chi connectivity index (χ4v) is 21.1. The highest BCUT2D eigenvalue weighted by Crippen LogP contribution is 2.49. The topological polar surface area (TPSA) is 224 Å². The molecule has 21 nitrogen and oxygen atoms in total. The molecule has 0 aliphatic carbocycles. The number of aromatic amines is 1. The van der Waals surface area contributed by atoms with Gasteiger partial charge < -0.3 is 54.6 Å². The number of H-pyrrole nitrogens is 1. The summed E-state index contributed by atoms with van der Waals surface area (Å²) in [6.45, 7) is 16.2. The molecule has 8 aliphatic rings. The zero-order chi connectivity index (χ0) is 81.2. The first kappa shape index (κ1) is 83.7. The van der Waals surface area contributed by atoms with Gasteiger partial charge in [0.05, 0.1) is 41.0 Å². The minimum atomic E-state index is -4.38. The van der Waals surface area contributed by atoms with Crippen LogP contribution in [-0.2, 0) is 41.7 Å². The van der Waals surface area contributed by atoms with Crippen LogP contribution in [0.2, 0.25) is 0 Å². The van der Waals surface area contributed by atoms with Gasteiger partial charge in [0.1, 0.15) is 27.7 Å². The van der Waals surface area contributed by atoms with Crippen LogP contribution in [0.3, 0.4) is 0 Å². The zero-order valence-electron chi connectivity index (χ0n) is 66.1. The molecule has 6 fully saturated rings. The number of carbonyl (C=O) groups is 8. The molecule has 7 aromatic rings. The Kier molecular flexibility index (Phi) is 27.5. The Balaban J connectivity index is 0.000000171. The van der Waals surface area contributed by atoms with Gasteiger partial charge in [0, 0.05) is 129 Å². The first-order valence-electron chi connectivity index (χ1n) is 40.3. The van der Waals surface area contributed by atoms with E-state index in [2.05, 4.69) is 79.7 Å². The van der Waals surface area contributed by atoms with Gasteiger partial charge in [-0.3, -0.25) is 33.9 Å². The summed E-state index contributed by atoms with van der Waals surface area (Å²) in [5.41, 5.74) is 9.82. The second-order valence-corrected chi connectivity index (χ2v) is 35.7. The van der Waals surface area contributed by atoms with E-state index in [0.29, 0.717) is 95.9 Å². The maximum absolute atomic E-state index is 13.8. The molecule has 8 aliphatic heterocycles. The minimum Gasteiger partial charge on any atom is -0.496 e. The number of nitrogens with one attached hydrogen (secondary N) is 3. The number of aryl methyl sites for hydroxylation is 1. The molecule has 6 atom stereocenters. The van der Waals surface area contributed by atoms with Crippen molar-refractivity contribution >= 4 is 105 Å². The van der Waals surface area contributed by atoms with Crippen LogP contribution >= 0.6 is 35.3 Å². The summed E-state index contributed by atoms with van der Waals surface area (Å²) in [4.78, 5) is 120. The van der Waals surface area contributed by atoms with Gasteiger partial charge in [-0.1, -0.05) is 131 Å². The number of piperidine rings is 3. The number of methoxy groups -OCH3 is 1. The molecule has 6 aromatic carbocycles. The van der Waals surface area contributed by atoms with Gasteiger partial charge >= 0.3 is 18.2 Å². The average molecular weight is 1640 g/mol. The van der Waals surface area contributed by atoms with Gasteiger partial charge in [-0.05, 0) is 152 Å².